The molecule has 1 amide bonds. The van der Waals surface area contributed by atoms with E-state index in [0.717, 1.165) is 41.8 Å². The van der Waals surface area contributed by atoms with E-state index in [0.29, 0.717) is 26.7 Å². The molecule has 2 atom stereocenters. The van der Waals surface area contributed by atoms with Crippen LogP contribution in [-0.2, 0) is 17.6 Å². The van der Waals surface area contributed by atoms with Crippen molar-refractivity contribution in [3.63, 3.8) is 0 Å². The largest absolute Gasteiger partial charge is 0.301 e. The maximum absolute atomic E-state index is 12.7. The van der Waals surface area contributed by atoms with Crippen LogP contribution in [0, 0.1) is 17.2 Å². The minimum atomic E-state index is -0.414. The van der Waals surface area contributed by atoms with E-state index >= 15 is 0 Å². The topological polar surface area (TPSA) is 78.7 Å². The van der Waals surface area contributed by atoms with Crippen molar-refractivity contribution in [1.82, 2.24) is 9.97 Å². The van der Waals surface area contributed by atoms with Gasteiger partial charge in [0.05, 0.1) is 16.5 Å². The lowest BCUT2D eigenvalue weighted by Crippen LogP contribution is -2.23. The van der Waals surface area contributed by atoms with Gasteiger partial charge in [0.2, 0.25) is 5.91 Å². The van der Waals surface area contributed by atoms with Crippen LogP contribution in [0.3, 0.4) is 0 Å². The zero-order valence-corrected chi connectivity index (χ0v) is 19.6. The Labute approximate surface area is 194 Å². The Morgan fingerprint density at radius 1 is 1.35 bits per heavy atom. The van der Waals surface area contributed by atoms with Crippen LogP contribution in [0.15, 0.2) is 40.7 Å². The van der Waals surface area contributed by atoms with Crippen molar-refractivity contribution in [1.29, 1.82) is 5.26 Å². The number of thioether (sulfide) groups is 1. The van der Waals surface area contributed by atoms with Gasteiger partial charge in [-0.3, -0.25) is 4.79 Å². The number of nitrogens with one attached hydrogen (secondary N) is 1. The van der Waals surface area contributed by atoms with Crippen molar-refractivity contribution in [2.45, 2.75) is 43.4 Å². The van der Waals surface area contributed by atoms with Crippen molar-refractivity contribution >= 4 is 45.7 Å². The SMILES string of the molecule is CC1CCc2nc(SC(C)C(=O)Nc3nc(-c4ccc(Cl)cc4)cs3)c(C#N)cc2C1. The Morgan fingerprint density at radius 2 is 2.13 bits per heavy atom. The van der Waals surface area contributed by atoms with Gasteiger partial charge in [0.25, 0.3) is 0 Å². The van der Waals surface area contributed by atoms with Crippen molar-refractivity contribution in [2.75, 3.05) is 5.32 Å². The number of hydrogen-bond donors (Lipinski definition) is 1. The lowest BCUT2D eigenvalue weighted by molar-refractivity contribution is -0.115. The average Bonchev–Trinajstić information content (AvgIpc) is 3.22. The first-order valence-corrected chi connectivity index (χ1v) is 12.2. The number of aryl methyl sites for hydroxylation is 1. The van der Waals surface area contributed by atoms with Gasteiger partial charge in [-0.05, 0) is 55.9 Å². The minimum Gasteiger partial charge on any atom is -0.301 e. The van der Waals surface area contributed by atoms with Crippen LogP contribution >= 0.6 is 34.7 Å². The molecule has 0 aliphatic heterocycles. The molecule has 0 bridgehead atoms. The molecule has 0 saturated heterocycles. The summed E-state index contributed by atoms with van der Waals surface area (Å²) in [6.45, 7) is 4.04. The van der Waals surface area contributed by atoms with Crippen LogP contribution in [0.1, 0.15) is 37.1 Å². The fourth-order valence-electron chi connectivity index (χ4n) is 3.51. The molecule has 1 aliphatic rings. The third-order valence-electron chi connectivity index (χ3n) is 5.25. The molecule has 1 aliphatic carbocycles. The number of nitriles is 1. The first-order valence-electron chi connectivity index (χ1n) is 10.0. The molecular weight excluding hydrogens is 448 g/mol. The van der Waals surface area contributed by atoms with Crippen LogP contribution in [0.25, 0.3) is 11.3 Å². The van der Waals surface area contributed by atoms with Gasteiger partial charge in [-0.2, -0.15) is 5.26 Å². The number of rotatable bonds is 5. The normalized spacial score (nSPS) is 16.3. The second kappa shape index (κ2) is 9.39. The summed E-state index contributed by atoms with van der Waals surface area (Å²) in [6.07, 6.45) is 2.98. The van der Waals surface area contributed by atoms with E-state index < -0.39 is 5.25 Å². The number of hydrogen-bond acceptors (Lipinski definition) is 6. The molecule has 4 rings (SSSR count). The van der Waals surface area contributed by atoms with Crippen LogP contribution in [0.5, 0.6) is 0 Å². The third-order valence-corrected chi connectivity index (χ3v) is 7.36. The Hall–Kier alpha value is -2.40. The van der Waals surface area contributed by atoms with Crippen molar-refractivity contribution in [2.24, 2.45) is 5.92 Å². The van der Waals surface area contributed by atoms with Gasteiger partial charge in [0, 0.05) is 21.7 Å². The summed E-state index contributed by atoms with van der Waals surface area (Å²) in [5.74, 6) is 0.444. The van der Waals surface area contributed by atoms with Gasteiger partial charge in [0.1, 0.15) is 11.1 Å². The van der Waals surface area contributed by atoms with E-state index in [-0.39, 0.29) is 5.91 Å². The predicted molar refractivity (Wildman–Crippen MR) is 127 cm³/mol. The minimum absolute atomic E-state index is 0.168. The maximum Gasteiger partial charge on any atom is 0.239 e. The molecule has 2 unspecified atom stereocenters. The number of carbonyl (C=O) groups is 1. The molecule has 1 N–H and O–H groups in total. The molecule has 1 aromatic carbocycles. The molecule has 31 heavy (non-hydrogen) atoms. The van der Waals surface area contributed by atoms with E-state index in [4.69, 9.17) is 16.6 Å². The number of pyridine rings is 1. The summed E-state index contributed by atoms with van der Waals surface area (Å²) in [7, 11) is 0. The molecule has 0 radical (unpaired) electrons. The molecular formula is C23H21ClN4OS2. The Kier molecular flexibility index (Phi) is 6.61. The number of benzene rings is 1. The summed E-state index contributed by atoms with van der Waals surface area (Å²) < 4.78 is 0. The number of thiazole rings is 1. The number of aromatic nitrogens is 2. The monoisotopic (exact) mass is 468 g/mol. The third kappa shape index (κ3) is 5.09. The molecule has 0 spiro atoms. The summed E-state index contributed by atoms with van der Waals surface area (Å²) in [5, 5.41) is 15.8. The summed E-state index contributed by atoms with van der Waals surface area (Å²) in [4.78, 5) is 22.0. The standard InChI is InChI=1S/C23H21ClN4OS2/c1-13-3-8-19-16(9-13)10-17(11-25)22(26-19)31-14(2)21(29)28-23-27-20(12-30-23)15-4-6-18(24)7-5-15/h4-7,10,12-14H,3,8-9H2,1-2H3,(H,27,28,29). The molecule has 158 valence electrons. The Bertz CT molecular complexity index is 1150. The fraction of sp³-hybridized carbons (Fsp3) is 0.304. The highest BCUT2D eigenvalue weighted by Gasteiger charge is 2.23. The number of nitrogens with zero attached hydrogens (tertiary/aromatic N) is 3. The highest BCUT2D eigenvalue weighted by Crippen LogP contribution is 2.32. The summed E-state index contributed by atoms with van der Waals surface area (Å²) in [6, 6.07) is 11.6. The number of amides is 1. The first kappa shape index (κ1) is 21.8. The van der Waals surface area contributed by atoms with E-state index in [1.165, 1.54) is 23.1 Å². The van der Waals surface area contributed by atoms with Gasteiger partial charge in [-0.25, -0.2) is 9.97 Å². The quantitative estimate of drug-likeness (QED) is 0.466. The zero-order valence-electron chi connectivity index (χ0n) is 17.2. The van der Waals surface area contributed by atoms with Crippen LogP contribution < -0.4 is 5.32 Å². The Morgan fingerprint density at radius 3 is 2.87 bits per heavy atom. The molecule has 3 aromatic rings. The summed E-state index contributed by atoms with van der Waals surface area (Å²) >= 11 is 8.63. The highest BCUT2D eigenvalue weighted by atomic mass is 35.5. The summed E-state index contributed by atoms with van der Waals surface area (Å²) in [5.41, 5.74) is 4.48. The van der Waals surface area contributed by atoms with E-state index in [9.17, 15) is 10.1 Å². The first-order chi connectivity index (χ1) is 14.9. The van der Waals surface area contributed by atoms with Crippen molar-refractivity contribution in [3.05, 3.63) is 57.6 Å². The second-order valence-corrected chi connectivity index (χ2v) is 10.3. The highest BCUT2D eigenvalue weighted by molar-refractivity contribution is 8.00. The molecule has 0 saturated carbocycles. The molecule has 0 fully saturated rings. The number of carbonyl (C=O) groups excluding carboxylic acids is 1. The van der Waals surface area contributed by atoms with Crippen molar-refractivity contribution < 1.29 is 4.79 Å². The predicted octanol–water partition coefficient (Wildman–Crippen LogP) is 5.97. The van der Waals surface area contributed by atoms with E-state index in [2.05, 4.69) is 23.3 Å². The van der Waals surface area contributed by atoms with Crippen LogP contribution in [-0.4, -0.2) is 21.1 Å². The Balaban J connectivity index is 1.45. The molecule has 2 heterocycles. The van der Waals surface area contributed by atoms with Gasteiger partial charge < -0.3 is 5.32 Å². The second-order valence-electron chi connectivity index (χ2n) is 7.70. The van der Waals surface area contributed by atoms with Crippen molar-refractivity contribution in [3.8, 4) is 17.3 Å². The molecule has 5 nitrogen and oxygen atoms in total. The van der Waals surface area contributed by atoms with E-state index in [1.807, 2.05) is 42.6 Å². The number of anilines is 1. The number of fused-ring (bicyclic) bond motifs is 1. The lowest BCUT2D eigenvalue weighted by atomic mass is 9.87. The number of halogens is 1. The van der Waals surface area contributed by atoms with Gasteiger partial charge >= 0.3 is 0 Å². The maximum atomic E-state index is 12.7. The van der Waals surface area contributed by atoms with Crippen LogP contribution in [0.2, 0.25) is 5.02 Å². The molecule has 2 aromatic heterocycles. The molecule has 8 heteroatoms. The van der Waals surface area contributed by atoms with Gasteiger partial charge in [0.15, 0.2) is 5.13 Å². The van der Waals surface area contributed by atoms with E-state index in [1.54, 1.807) is 0 Å². The van der Waals surface area contributed by atoms with Gasteiger partial charge in [-0.15, -0.1) is 11.3 Å². The van der Waals surface area contributed by atoms with Crippen LogP contribution in [0.4, 0.5) is 5.13 Å². The zero-order chi connectivity index (χ0) is 22.0. The lowest BCUT2D eigenvalue weighted by Gasteiger charge is -2.22. The fourth-order valence-corrected chi connectivity index (χ4v) is 5.25. The smallest absolute Gasteiger partial charge is 0.239 e. The average molecular weight is 469 g/mol. The van der Waals surface area contributed by atoms with Gasteiger partial charge in [-0.1, -0.05) is 42.4 Å².